The normalized spacial score (nSPS) is 25.2. The Morgan fingerprint density at radius 1 is 1.19 bits per heavy atom. The van der Waals surface area contributed by atoms with Crippen LogP contribution in [0, 0.1) is 6.92 Å². The number of aryl methyl sites for hydroxylation is 2. The topological polar surface area (TPSA) is 38.1 Å². The van der Waals surface area contributed by atoms with Gasteiger partial charge in [-0.2, -0.15) is 5.10 Å². The lowest BCUT2D eigenvalue weighted by molar-refractivity contribution is -0.130. The van der Waals surface area contributed by atoms with Gasteiger partial charge in [0.15, 0.2) is 0 Å². The Morgan fingerprint density at radius 2 is 1.85 bits per heavy atom. The molecule has 2 saturated heterocycles. The van der Waals surface area contributed by atoms with Crippen molar-refractivity contribution in [3.05, 3.63) is 58.4 Å². The van der Waals surface area contributed by atoms with Gasteiger partial charge in [0.2, 0.25) is 5.91 Å². The molecule has 2 aromatic rings. The van der Waals surface area contributed by atoms with Crippen LogP contribution in [0.3, 0.4) is 0 Å². The third kappa shape index (κ3) is 3.07. The summed E-state index contributed by atoms with van der Waals surface area (Å²) in [6.45, 7) is 1.91. The second-order valence-electron chi connectivity index (χ2n) is 7.46. The predicted octanol–water partition coefficient (Wildman–Crippen LogP) is 4.33. The second kappa shape index (κ2) is 6.92. The minimum atomic E-state index is 0.100. The summed E-state index contributed by atoms with van der Waals surface area (Å²) in [6, 6.07) is 11.4. The summed E-state index contributed by atoms with van der Waals surface area (Å²) < 4.78 is 1.64. The number of piperidine rings is 1. The fourth-order valence-electron chi connectivity index (χ4n) is 4.61. The van der Waals surface area contributed by atoms with Crippen LogP contribution in [-0.4, -0.2) is 32.7 Å². The third-order valence-corrected chi connectivity index (χ3v) is 6.30. The molecule has 3 heterocycles. The van der Waals surface area contributed by atoms with Crippen LogP contribution in [0.25, 0.3) is 6.08 Å². The van der Waals surface area contributed by atoms with E-state index in [1.54, 1.807) is 10.8 Å². The van der Waals surface area contributed by atoms with E-state index >= 15 is 0 Å². The summed E-state index contributed by atoms with van der Waals surface area (Å²) in [5.41, 5.74) is 3.08. The van der Waals surface area contributed by atoms with Gasteiger partial charge >= 0.3 is 0 Å². The van der Waals surface area contributed by atoms with Crippen molar-refractivity contribution in [2.75, 3.05) is 0 Å². The molecular formula is C21H24ClN3O. The van der Waals surface area contributed by atoms with Crippen molar-refractivity contribution in [3.63, 3.8) is 0 Å². The minimum Gasteiger partial charge on any atom is -0.333 e. The molecule has 26 heavy (non-hydrogen) atoms. The van der Waals surface area contributed by atoms with E-state index in [1.165, 1.54) is 5.56 Å². The molecule has 136 valence electrons. The third-order valence-electron chi connectivity index (χ3n) is 5.85. The van der Waals surface area contributed by atoms with Crippen LogP contribution in [0.4, 0.5) is 0 Å². The molecule has 0 radical (unpaired) electrons. The van der Waals surface area contributed by atoms with Crippen LogP contribution in [-0.2, 0) is 11.8 Å². The van der Waals surface area contributed by atoms with Crippen molar-refractivity contribution in [1.29, 1.82) is 0 Å². The average molecular weight is 370 g/mol. The number of rotatable bonds is 3. The largest absolute Gasteiger partial charge is 0.333 e. The number of halogens is 1. The summed E-state index contributed by atoms with van der Waals surface area (Å²) in [7, 11) is 1.81. The van der Waals surface area contributed by atoms with Crippen LogP contribution in [0.1, 0.15) is 48.4 Å². The number of hydrogen-bond donors (Lipinski definition) is 0. The second-order valence-corrected chi connectivity index (χ2v) is 7.81. The van der Waals surface area contributed by atoms with Crippen molar-refractivity contribution >= 4 is 23.6 Å². The summed E-state index contributed by atoms with van der Waals surface area (Å²) in [4.78, 5) is 15.0. The molecule has 1 amide bonds. The lowest BCUT2D eigenvalue weighted by Gasteiger charge is -2.38. The van der Waals surface area contributed by atoms with Gasteiger partial charge in [0.25, 0.3) is 0 Å². The van der Waals surface area contributed by atoms with E-state index in [4.69, 9.17) is 11.6 Å². The number of hydrogen-bond acceptors (Lipinski definition) is 2. The quantitative estimate of drug-likeness (QED) is 0.755. The van der Waals surface area contributed by atoms with E-state index in [-0.39, 0.29) is 5.91 Å². The van der Waals surface area contributed by atoms with Crippen LogP contribution in [0.5, 0.6) is 0 Å². The Kier molecular flexibility index (Phi) is 4.62. The van der Waals surface area contributed by atoms with Gasteiger partial charge in [0.05, 0.1) is 5.69 Å². The van der Waals surface area contributed by atoms with Gasteiger partial charge in [-0.1, -0.05) is 41.9 Å². The van der Waals surface area contributed by atoms with Crippen molar-refractivity contribution in [3.8, 4) is 0 Å². The molecule has 1 unspecified atom stereocenters. The Bertz CT molecular complexity index is 828. The maximum atomic E-state index is 12.9. The number of aromatic nitrogens is 2. The van der Waals surface area contributed by atoms with Gasteiger partial charge in [-0.3, -0.25) is 9.48 Å². The Labute approximate surface area is 159 Å². The summed E-state index contributed by atoms with van der Waals surface area (Å²) >= 11 is 6.26. The Hall–Kier alpha value is -2.07. The van der Waals surface area contributed by atoms with Crippen molar-refractivity contribution < 1.29 is 4.79 Å². The van der Waals surface area contributed by atoms with Gasteiger partial charge in [-0.05, 0) is 50.2 Å². The molecule has 5 heteroatoms. The van der Waals surface area contributed by atoms with E-state index in [9.17, 15) is 4.79 Å². The van der Waals surface area contributed by atoms with Crippen molar-refractivity contribution in [2.45, 2.75) is 50.6 Å². The zero-order valence-corrected chi connectivity index (χ0v) is 16.0. The highest BCUT2D eigenvalue weighted by molar-refractivity contribution is 6.31. The SMILES string of the molecule is Cc1nn(C)c(Cl)c1/C=C/C(=O)N1[C@@H]2CC[C@H]1CC(c1ccccc1)C2. The maximum Gasteiger partial charge on any atom is 0.247 e. The zero-order chi connectivity index (χ0) is 18.3. The number of amides is 1. The molecule has 2 aliphatic rings. The molecule has 1 aromatic carbocycles. The maximum absolute atomic E-state index is 12.9. The van der Waals surface area contributed by atoms with Gasteiger partial charge in [-0.15, -0.1) is 0 Å². The zero-order valence-electron chi connectivity index (χ0n) is 15.2. The van der Waals surface area contributed by atoms with Gasteiger partial charge < -0.3 is 4.90 Å². The molecule has 4 rings (SSSR count). The summed E-state index contributed by atoms with van der Waals surface area (Å²) in [5.74, 6) is 0.667. The molecule has 3 atom stereocenters. The lowest BCUT2D eigenvalue weighted by Crippen LogP contribution is -2.45. The number of fused-ring (bicyclic) bond motifs is 2. The predicted molar refractivity (Wildman–Crippen MR) is 104 cm³/mol. The highest BCUT2D eigenvalue weighted by atomic mass is 35.5. The molecule has 0 aliphatic carbocycles. The van der Waals surface area contributed by atoms with Crippen molar-refractivity contribution in [2.24, 2.45) is 7.05 Å². The first-order chi connectivity index (χ1) is 12.5. The number of benzene rings is 1. The standard InChI is InChI=1S/C21H24ClN3O/c1-14-19(21(22)24(2)23-14)10-11-20(26)25-17-8-9-18(25)13-16(12-17)15-6-4-3-5-7-15/h3-7,10-11,16-18H,8-9,12-13H2,1-2H3/b11-10+/t16?,17-,18+. The first-order valence-electron chi connectivity index (χ1n) is 9.29. The van der Waals surface area contributed by atoms with Gasteiger partial charge in [0, 0.05) is 30.8 Å². The van der Waals surface area contributed by atoms with Crippen LogP contribution in [0.15, 0.2) is 36.4 Å². The molecular weight excluding hydrogens is 346 g/mol. The molecule has 0 spiro atoms. The van der Waals surface area contributed by atoms with E-state index in [1.807, 2.05) is 20.0 Å². The van der Waals surface area contributed by atoms with Crippen molar-refractivity contribution in [1.82, 2.24) is 14.7 Å². The lowest BCUT2D eigenvalue weighted by atomic mass is 9.85. The van der Waals surface area contributed by atoms with Crippen LogP contribution in [0.2, 0.25) is 5.15 Å². The molecule has 0 saturated carbocycles. The number of nitrogens with zero attached hydrogens (tertiary/aromatic N) is 3. The van der Waals surface area contributed by atoms with E-state index in [0.717, 1.165) is 36.9 Å². The van der Waals surface area contributed by atoms with E-state index in [0.29, 0.717) is 23.2 Å². The molecule has 2 bridgehead atoms. The molecule has 2 aliphatic heterocycles. The molecule has 1 aromatic heterocycles. The number of carbonyl (C=O) groups excluding carboxylic acids is 1. The van der Waals surface area contributed by atoms with Gasteiger partial charge in [0.1, 0.15) is 5.15 Å². The van der Waals surface area contributed by atoms with E-state index < -0.39 is 0 Å². The van der Waals surface area contributed by atoms with Gasteiger partial charge in [-0.25, -0.2) is 0 Å². The van der Waals surface area contributed by atoms with Crippen LogP contribution < -0.4 is 0 Å². The Morgan fingerprint density at radius 3 is 2.42 bits per heavy atom. The number of carbonyl (C=O) groups is 1. The summed E-state index contributed by atoms with van der Waals surface area (Å²) in [5, 5.41) is 4.86. The minimum absolute atomic E-state index is 0.100. The highest BCUT2D eigenvalue weighted by Gasteiger charge is 2.42. The first-order valence-corrected chi connectivity index (χ1v) is 9.67. The first kappa shape index (κ1) is 17.3. The smallest absolute Gasteiger partial charge is 0.247 e. The van der Waals surface area contributed by atoms with Crippen LogP contribution >= 0.6 is 11.6 Å². The molecule has 4 nitrogen and oxygen atoms in total. The molecule has 2 fully saturated rings. The fourth-order valence-corrected chi connectivity index (χ4v) is 4.85. The average Bonchev–Trinajstić information content (AvgIpc) is 3.05. The Balaban J connectivity index is 1.49. The monoisotopic (exact) mass is 369 g/mol. The van der Waals surface area contributed by atoms with E-state index in [2.05, 4.69) is 40.3 Å². The summed E-state index contributed by atoms with van der Waals surface area (Å²) in [6.07, 6.45) is 7.83. The fraction of sp³-hybridized carbons (Fsp3) is 0.429. The molecule has 0 N–H and O–H groups in total. The highest BCUT2D eigenvalue weighted by Crippen LogP contribution is 2.43.